The van der Waals surface area contributed by atoms with Gasteiger partial charge in [0.05, 0.1) is 32.9 Å². The number of nitrogens with zero attached hydrogens (tertiary/aromatic N) is 3. The Kier molecular flexibility index (Phi) is 9.69. The molecule has 0 bridgehead atoms. The van der Waals surface area contributed by atoms with Gasteiger partial charge >= 0.3 is 5.97 Å². The lowest BCUT2D eigenvalue weighted by Crippen LogP contribution is -2.43. The Labute approximate surface area is 272 Å². The average molecular weight is 691 g/mol. The number of hydrogen-bond acceptors (Lipinski definition) is 7. The molecule has 0 radical (unpaired) electrons. The monoisotopic (exact) mass is 689 g/mol. The highest BCUT2D eigenvalue weighted by atomic mass is 79.9. The maximum Gasteiger partial charge on any atom is 0.335 e. The second-order valence-corrected chi connectivity index (χ2v) is 12.1. The minimum atomic E-state index is -0.979. The van der Waals surface area contributed by atoms with Crippen LogP contribution in [0, 0.1) is 0 Å². The number of rotatable bonds is 10. The van der Waals surface area contributed by atoms with Crippen molar-refractivity contribution in [3.8, 4) is 11.5 Å². The summed E-state index contributed by atoms with van der Waals surface area (Å²) in [6.07, 6.45) is 1.80. The van der Waals surface area contributed by atoms with Crippen molar-refractivity contribution in [2.24, 2.45) is 4.99 Å². The first-order valence-electron chi connectivity index (χ1n) is 14.4. The fraction of sp³-hybridized carbons (Fsp3) is 0.235. The number of allylic oxidation sites excluding steroid dienone is 1. The highest BCUT2D eigenvalue weighted by molar-refractivity contribution is 9.10. The van der Waals surface area contributed by atoms with Crippen LogP contribution in [0.15, 0.2) is 92.3 Å². The van der Waals surface area contributed by atoms with E-state index < -0.39 is 12.0 Å². The number of aromatic carboxylic acids is 1. The van der Waals surface area contributed by atoms with Crippen molar-refractivity contribution in [3.63, 3.8) is 0 Å². The minimum absolute atomic E-state index is 0.163. The summed E-state index contributed by atoms with van der Waals surface area (Å²) in [7, 11) is 1.57. The van der Waals surface area contributed by atoms with E-state index >= 15 is 0 Å². The standard InChI is InChI=1S/C34H32BrN3O6S/c1-5-37(6-2)32(40)29-20(3)36-34-38(30(29)24-9-7-8-10-26(24)43-4)31(39)28(45-34)18-22-13-16-27(25(35)17-22)44-19-21-11-14-23(15-12-21)33(41)42/h7-18,30H,5-6,19H2,1-4H3,(H,41,42)/b28-18+/t30-/m0/s1. The molecule has 1 N–H and O–H groups in total. The molecule has 9 nitrogen and oxygen atoms in total. The van der Waals surface area contributed by atoms with Gasteiger partial charge < -0.3 is 19.5 Å². The number of carbonyl (C=O) groups is 2. The van der Waals surface area contributed by atoms with E-state index in [4.69, 9.17) is 19.6 Å². The Bertz CT molecular complexity index is 1980. The fourth-order valence-electron chi connectivity index (χ4n) is 5.24. The average Bonchev–Trinajstić information content (AvgIpc) is 3.34. The van der Waals surface area contributed by atoms with Gasteiger partial charge in [0.25, 0.3) is 11.5 Å². The number of amides is 1. The SMILES string of the molecule is CCN(CC)C(=O)C1=C(C)N=c2s/c(=C/c3ccc(OCc4ccc(C(=O)O)cc4)c(Br)c3)c(=O)n2[C@H]1c1ccccc1OC. The van der Waals surface area contributed by atoms with Gasteiger partial charge in [-0.3, -0.25) is 14.2 Å². The first kappa shape index (κ1) is 31.9. The first-order chi connectivity index (χ1) is 21.7. The van der Waals surface area contributed by atoms with Crippen LogP contribution in [-0.4, -0.2) is 46.6 Å². The number of benzene rings is 3. The van der Waals surface area contributed by atoms with Crippen molar-refractivity contribution < 1.29 is 24.2 Å². The Morgan fingerprint density at radius 1 is 1.07 bits per heavy atom. The lowest BCUT2D eigenvalue weighted by molar-refractivity contribution is -0.127. The van der Waals surface area contributed by atoms with Crippen LogP contribution in [0.25, 0.3) is 6.08 Å². The Morgan fingerprint density at radius 3 is 2.42 bits per heavy atom. The molecular formula is C34H32BrN3O6S. The molecule has 11 heteroatoms. The normalized spacial score (nSPS) is 14.5. The zero-order valence-electron chi connectivity index (χ0n) is 25.2. The third-order valence-electron chi connectivity index (χ3n) is 7.59. The van der Waals surface area contributed by atoms with Gasteiger partial charge in [-0.1, -0.05) is 47.7 Å². The van der Waals surface area contributed by atoms with E-state index in [-0.39, 0.29) is 23.6 Å². The van der Waals surface area contributed by atoms with E-state index in [9.17, 15) is 14.4 Å². The molecule has 45 heavy (non-hydrogen) atoms. The van der Waals surface area contributed by atoms with Gasteiger partial charge in [-0.15, -0.1) is 0 Å². The Morgan fingerprint density at radius 2 is 1.78 bits per heavy atom. The van der Waals surface area contributed by atoms with Gasteiger partial charge in [0.1, 0.15) is 24.1 Å². The van der Waals surface area contributed by atoms with Crippen LogP contribution in [0.1, 0.15) is 53.9 Å². The zero-order chi connectivity index (χ0) is 32.2. The van der Waals surface area contributed by atoms with Crippen LogP contribution in [0.5, 0.6) is 11.5 Å². The Hall–Kier alpha value is -4.48. The quantitative estimate of drug-likeness (QED) is 0.247. The molecule has 1 atom stereocenters. The molecule has 1 amide bonds. The van der Waals surface area contributed by atoms with Gasteiger partial charge in [-0.25, -0.2) is 9.79 Å². The molecular weight excluding hydrogens is 658 g/mol. The van der Waals surface area contributed by atoms with Crippen molar-refractivity contribution in [2.45, 2.75) is 33.4 Å². The second-order valence-electron chi connectivity index (χ2n) is 10.3. The first-order valence-corrected chi connectivity index (χ1v) is 16.0. The van der Waals surface area contributed by atoms with Crippen LogP contribution < -0.4 is 24.4 Å². The van der Waals surface area contributed by atoms with Crippen LogP contribution >= 0.6 is 27.3 Å². The lowest BCUT2D eigenvalue weighted by Gasteiger charge is -2.29. The molecule has 0 saturated heterocycles. The summed E-state index contributed by atoms with van der Waals surface area (Å²) in [6, 6.07) is 18.7. The fourth-order valence-corrected chi connectivity index (χ4v) is 6.80. The molecule has 0 spiro atoms. The van der Waals surface area contributed by atoms with Gasteiger partial charge in [-0.2, -0.15) is 0 Å². The molecule has 0 aliphatic carbocycles. The number of aromatic nitrogens is 1. The summed E-state index contributed by atoms with van der Waals surface area (Å²) in [6.45, 7) is 6.98. The smallest absolute Gasteiger partial charge is 0.335 e. The number of para-hydroxylation sites is 1. The van der Waals surface area contributed by atoms with Crippen LogP contribution in [0.2, 0.25) is 0 Å². The predicted octanol–water partition coefficient (Wildman–Crippen LogP) is 5.15. The summed E-state index contributed by atoms with van der Waals surface area (Å²) < 4.78 is 14.4. The molecule has 1 aliphatic rings. The number of methoxy groups -OCH3 is 1. The van der Waals surface area contributed by atoms with E-state index in [0.29, 0.717) is 55.2 Å². The summed E-state index contributed by atoms with van der Waals surface area (Å²) in [5.41, 5.74) is 3.28. The topological polar surface area (TPSA) is 110 Å². The van der Waals surface area contributed by atoms with E-state index in [2.05, 4.69) is 15.9 Å². The highest BCUT2D eigenvalue weighted by Crippen LogP contribution is 2.36. The molecule has 1 aliphatic heterocycles. The van der Waals surface area contributed by atoms with Crippen molar-refractivity contribution in [1.82, 2.24) is 9.47 Å². The number of fused-ring (bicyclic) bond motifs is 1. The van der Waals surface area contributed by atoms with Crippen molar-refractivity contribution >= 4 is 45.2 Å². The summed E-state index contributed by atoms with van der Waals surface area (Å²) >= 11 is 4.84. The lowest BCUT2D eigenvalue weighted by atomic mass is 9.94. The van der Waals surface area contributed by atoms with Crippen molar-refractivity contribution in [1.29, 1.82) is 0 Å². The molecule has 0 fully saturated rings. The maximum absolute atomic E-state index is 14.1. The summed E-state index contributed by atoms with van der Waals surface area (Å²) in [4.78, 5) is 46.0. The number of carboxylic acid groups (broad SMARTS) is 1. The van der Waals surface area contributed by atoms with E-state index in [1.807, 2.05) is 57.2 Å². The third kappa shape index (κ3) is 6.50. The van der Waals surface area contributed by atoms with E-state index in [1.54, 1.807) is 40.9 Å². The molecule has 1 aromatic heterocycles. The predicted molar refractivity (Wildman–Crippen MR) is 177 cm³/mol. The maximum atomic E-state index is 14.1. The number of ether oxygens (including phenoxy) is 2. The largest absolute Gasteiger partial charge is 0.496 e. The minimum Gasteiger partial charge on any atom is -0.496 e. The van der Waals surface area contributed by atoms with Gasteiger partial charge in [-0.05, 0) is 84.2 Å². The number of thiazole rings is 1. The number of halogens is 1. The van der Waals surface area contributed by atoms with Gasteiger partial charge in [0.2, 0.25) is 0 Å². The van der Waals surface area contributed by atoms with Crippen molar-refractivity contribution in [2.75, 3.05) is 20.2 Å². The number of carboxylic acids is 1. The molecule has 0 saturated carbocycles. The van der Waals surface area contributed by atoms with Gasteiger partial charge in [0, 0.05) is 18.7 Å². The van der Waals surface area contributed by atoms with Crippen LogP contribution in [0.4, 0.5) is 0 Å². The number of likely N-dealkylation sites (N-methyl/N-ethyl adjacent to an activating group) is 1. The van der Waals surface area contributed by atoms with Crippen LogP contribution in [-0.2, 0) is 11.4 Å². The highest BCUT2D eigenvalue weighted by Gasteiger charge is 2.35. The van der Waals surface area contributed by atoms with Crippen LogP contribution in [0.3, 0.4) is 0 Å². The van der Waals surface area contributed by atoms with Crippen molar-refractivity contribution in [3.05, 3.63) is 124 Å². The molecule has 4 aromatic rings. The molecule has 5 rings (SSSR count). The molecule has 3 aromatic carbocycles. The van der Waals surface area contributed by atoms with Gasteiger partial charge in [0.15, 0.2) is 4.80 Å². The zero-order valence-corrected chi connectivity index (χ0v) is 27.6. The summed E-state index contributed by atoms with van der Waals surface area (Å²) in [5.74, 6) is 0.0345. The van der Waals surface area contributed by atoms with E-state index in [0.717, 1.165) is 11.1 Å². The summed E-state index contributed by atoms with van der Waals surface area (Å²) in [5, 5.41) is 9.10. The number of hydrogen-bond donors (Lipinski definition) is 1. The molecule has 2 heterocycles. The van der Waals surface area contributed by atoms with E-state index in [1.165, 1.54) is 23.5 Å². The second kappa shape index (κ2) is 13.7. The molecule has 0 unspecified atom stereocenters. The Balaban J connectivity index is 1.52. The number of carbonyl (C=O) groups excluding carboxylic acids is 1. The molecule has 232 valence electrons. The third-order valence-corrected chi connectivity index (χ3v) is 9.19.